The zero-order valence-corrected chi connectivity index (χ0v) is 8.67. The third-order valence-corrected chi connectivity index (χ3v) is 2.66. The molecule has 2 aromatic heterocycles. The van der Waals surface area contributed by atoms with Gasteiger partial charge in [0.1, 0.15) is 5.82 Å². The second kappa shape index (κ2) is 4.14. The number of nitrogens with zero attached hydrogens (tertiary/aromatic N) is 1. The lowest BCUT2D eigenvalue weighted by atomic mass is 10.4. The van der Waals surface area contributed by atoms with Crippen LogP contribution in [0.5, 0.6) is 0 Å². The van der Waals surface area contributed by atoms with Crippen LogP contribution in [0.3, 0.4) is 0 Å². The molecule has 0 fully saturated rings. The second-order valence-electron chi connectivity index (χ2n) is 2.95. The summed E-state index contributed by atoms with van der Waals surface area (Å²) in [5.74, 6) is 0.612. The van der Waals surface area contributed by atoms with Crippen molar-refractivity contribution in [3.63, 3.8) is 0 Å². The SMILES string of the molecule is Nc1nc(NCc2cccs2)cc(=O)[nH]1. The second-order valence-corrected chi connectivity index (χ2v) is 3.98. The van der Waals surface area contributed by atoms with Gasteiger partial charge in [-0.15, -0.1) is 11.3 Å². The predicted molar refractivity (Wildman–Crippen MR) is 60.9 cm³/mol. The molecular weight excluding hydrogens is 212 g/mol. The number of rotatable bonds is 3. The van der Waals surface area contributed by atoms with Gasteiger partial charge in [0.05, 0.1) is 6.54 Å². The minimum Gasteiger partial charge on any atom is -0.369 e. The van der Waals surface area contributed by atoms with Crippen molar-refractivity contribution in [3.05, 3.63) is 38.8 Å². The predicted octanol–water partition coefficient (Wildman–Crippen LogP) is 1.03. The standard InChI is InChI=1S/C9H10N4OS/c10-9-12-7(4-8(14)13-9)11-5-6-2-1-3-15-6/h1-4H,5H2,(H4,10,11,12,13,14). The van der Waals surface area contributed by atoms with Crippen molar-refractivity contribution in [2.24, 2.45) is 0 Å². The number of hydrogen-bond acceptors (Lipinski definition) is 5. The zero-order valence-electron chi connectivity index (χ0n) is 7.86. The quantitative estimate of drug-likeness (QED) is 0.724. The molecule has 0 aromatic carbocycles. The van der Waals surface area contributed by atoms with Gasteiger partial charge in [-0.05, 0) is 11.4 Å². The van der Waals surface area contributed by atoms with Gasteiger partial charge in [-0.2, -0.15) is 4.98 Å². The van der Waals surface area contributed by atoms with Crippen LogP contribution in [0.25, 0.3) is 0 Å². The Morgan fingerprint density at radius 3 is 3.13 bits per heavy atom. The number of nitrogens with two attached hydrogens (primary N) is 1. The van der Waals surface area contributed by atoms with Gasteiger partial charge in [0, 0.05) is 10.9 Å². The number of anilines is 2. The molecule has 0 radical (unpaired) electrons. The van der Waals surface area contributed by atoms with Crippen molar-refractivity contribution >= 4 is 23.1 Å². The zero-order chi connectivity index (χ0) is 10.7. The highest BCUT2D eigenvalue weighted by atomic mass is 32.1. The van der Waals surface area contributed by atoms with Crippen LogP contribution >= 0.6 is 11.3 Å². The van der Waals surface area contributed by atoms with E-state index >= 15 is 0 Å². The molecule has 0 aliphatic carbocycles. The molecule has 5 nitrogen and oxygen atoms in total. The number of thiophene rings is 1. The minimum absolute atomic E-state index is 0.121. The fraction of sp³-hybridized carbons (Fsp3) is 0.111. The van der Waals surface area contributed by atoms with Gasteiger partial charge in [-0.3, -0.25) is 9.78 Å². The molecule has 0 saturated heterocycles. The average molecular weight is 222 g/mol. The van der Waals surface area contributed by atoms with Gasteiger partial charge in [0.15, 0.2) is 0 Å². The Morgan fingerprint density at radius 2 is 2.47 bits per heavy atom. The Balaban J connectivity index is 2.08. The van der Waals surface area contributed by atoms with Crippen molar-refractivity contribution in [3.8, 4) is 0 Å². The average Bonchev–Trinajstić information content (AvgIpc) is 2.65. The van der Waals surface area contributed by atoms with E-state index in [-0.39, 0.29) is 11.5 Å². The Bertz CT molecular complexity index is 491. The summed E-state index contributed by atoms with van der Waals surface area (Å²) in [6.07, 6.45) is 0. The number of aromatic amines is 1. The first kappa shape index (κ1) is 9.72. The summed E-state index contributed by atoms with van der Waals surface area (Å²) in [5, 5.41) is 5.02. The van der Waals surface area contributed by atoms with E-state index < -0.39 is 0 Å². The van der Waals surface area contributed by atoms with Crippen LogP contribution in [0.2, 0.25) is 0 Å². The summed E-state index contributed by atoms with van der Waals surface area (Å²) in [5.41, 5.74) is 5.15. The molecule has 0 spiro atoms. The number of aromatic nitrogens is 2. The Hall–Kier alpha value is -1.82. The molecule has 6 heteroatoms. The van der Waals surface area contributed by atoms with Crippen LogP contribution in [-0.4, -0.2) is 9.97 Å². The first-order chi connectivity index (χ1) is 7.24. The van der Waals surface area contributed by atoms with Crippen LogP contribution < -0.4 is 16.6 Å². The molecule has 0 aliphatic heterocycles. The van der Waals surface area contributed by atoms with Crippen molar-refractivity contribution < 1.29 is 0 Å². The molecule has 0 unspecified atom stereocenters. The fourth-order valence-electron chi connectivity index (χ4n) is 1.16. The maximum Gasteiger partial charge on any atom is 0.254 e. The lowest BCUT2D eigenvalue weighted by molar-refractivity contribution is 1.09. The summed E-state index contributed by atoms with van der Waals surface area (Å²) in [6.45, 7) is 0.646. The van der Waals surface area contributed by atoms with Gasteiger partial charge in [0.25, 0.3) is 5.56 Å². The molecule has 0 amide bonds. The van der Waals surface area contributed by atoms with Crippen molar-refractivity contribution in [2.75, 3.05) is 11.1 Å². The third-order valence-electron chi connectivity index (χ3n) is 1.78. The van der Waals surface area contributed by atoms with Crippen LogP contribution in [0.15, 0.2) is 28.4 Å². The van der Waals surface area contributed by atoms with E-state index in [1.54, 1.807) is 11.3 Å². The topological polar surface area (TPSA) is 83.8 Å². The van der Waals surface area contributed by atoms with Gasteiger partial charge in [-0.25, -0.2) is 0 Å². The van der Waals surface area contributed by atoms with E-state index in [4.69, 9.17) is 5.73 Å². The molecule has 0 atom stereocenters. The normalized spacial score (nSPS) is 10.1. The largest absolute Gasteiger partial charge is 0.369 e. The first-order valence-corrected chi connectivity index (χ1v) is 5.25. The van der Waals surface area contributed by atoms with E-state index in [9.17, 15) is 4.79 Å². The van der Waals surface area contributed by atoms with E-state index in [2.05, 4.69) is 15.3 Å². The summed E-state index contributed by atoms with van der Waals surface area (Å²) >= 11 is 1.64. The Labute approximate surface area is 90.0 Å². The Morgan fingerprint density at radius 1 is 1.60 bits per heavy atom. The number of H-pyrrole nitrogens is 1. The molecule has 2 heterocycles. The van der Waals surface area contributed by atoms with Crippen LogP contribution in [0.1, 0.15) is 4.88 Å². The number of hydrogen-bond donors (Lipinski definition) is 3. The fourth-order valence-corrected chi connectivity index (χ4v) is 1.80. The highest BCUT2D eigenvalue weighted by molar-refractivity contribution is 7.09. The molecule has 0 aliphatic rings. The van der Waals surface area contributed by atoms with Crippen molar-refractivity contribution in [2.45, 2.75) is 6.54 Å². The highest BCUT2D eigenvalue weighted by Gasteiger charge is 1.98. The van der Waals surface area contributed by atoms with Gasteiger partial charge >= 0.3 is 0 Å². The molecular formula is C9H10N4OS. The molecule has 15 heavy (non-hydrogen) atoms. The van der Waals surface area contributed by atoms with E-state index in [1.807, 2.05) is 17.5 Å². The number of nitrogen functional groups attached to an aromatic ring is 1. The summed E-state index contributed by atoms with van der Waals surface area (Å²) < 4.78 is 0. The molecule has 0 saturated carbocycles. The molecule has 0 bridgehead atoms. The van der Waals surface area contributed by atoms with Gasteiger partial charge in [0.2, 0.25) is 5.95 Å². The lowest BCUT2D eigenvalue weighted by Gasteiger charge is -2.03. The number of nitrogens with one attached hydrogen (secondary N) is 2. The monoisotopic (exact) mass is 222 g/mol. The van der Waals surface area contributed by atoms with E-state index in [0.717, 1.165) is 0 Å². The Kier molecular flexibility index (Phi) is 2.68. The van der Waals surface area contributed by atoms with Crippen LogP contribution in [-0.2, 0) is 6.54 Å². The van der Waals surface area contributed by atoms with Crippen LogP contribution in [0.4, 0.5) is 11.8 Å². The lowest BCUT2D eigenvalue weighted by Crippen LogP contribution is -2.12. The van der Waals surface area contributed by atoms with E-state index in [1.165, 1.54) is 10.9 Å². The molecule has 78 valence electrons. The minimum atomic E-state index is -0.254. The van der Waals surface area contributed by atoms with E-state index in [0.29, 0.717) is 12.4 Å². The van der Waals surface area contributed by atoms with Crippen LogP contribution in [0, 0.1) is 0 Å². The summed E-state index contributed by atoms with van der Waals surface area (Å²) in [4.78, 5) is 18.6. The van der Waals surface area contributed by atoms with Gasteiger partial charge in [-0.1, -0.05) is 6.07 Å². The highest BCUT2D eigenvalue weighted by Crippen LogP contribution is 2.10. The smallest absolute Gasteiger partial charge is 0.254 e. The first-order valence-electron chi connectivity index (χ1n) is 4.37. The molecule has 4 N–H and O–H groups in total. The van der Waals surface area contributed by atoms with Crippen molar-refractivity contribution in [1.82, 2.24) is 9.97 Å². The summed E-state index contributed by atoms with van der Waals surface area (Å²) in [7, 11) is 0. The third kappa shape index (κ3) is 2.57. The maximum atomic E-state index is 11.1. The molecule has 2 rings (SSSR count). The van der Waals surface area contributed by atoms with Crippen molar-refractivity contribution in [1.29, 1.82) is 0 Å². The molecule has 2 aromatic rings. The maximum absolute atomic E-state index is 11.1. The van der Waals surface area contributed by atoms with Gasteiger partial charge < -0.3 is 11.1 Å². The summed E-state index contributed by atoms with van der Waals surface area (Å²) in [6, 6.07) is 5.36.